The van der Waals surface area contributed by atoms with Gasteiger partial charge in [0.15, 0.2) is 11.0 Å². The summed E-state index contributed by atoms with van der Waals surface area (Å²) >= 11 is 1.46. The van der Waals surface area contributed by atoms with Crippen LogP contribution in [-0.4, -0.2) is 46.2 Å². The lowest BCUT2D eigenvalue weighted by molar-refractivity contribution is -0.119. The molecule has 0 bridgehead atoms. The Kier molecular flexibility index (Phi) is 7.58. The van der Waals surface area contributed by atoms with Crippen molar-refractivity contribution in [1.29, 1.82) is 0 Å². The zero-order valence-electron chi connectivity index (χ0n) is 18.8. The Labute approximate surface area is 184 Å². The van der Waals surface area contributed by atoms with E-state index in [0.29, 0.717) is 18.4 Å². The molecule has 1 atom stereocenters. The van der Waals surface area contributed by atoms with Crippen LogP contribution in [0.15, 0.2) is 29.4 Å². The fourth-order valence-corrected chi connectivity index (χ4v) is 4.74. The topological polar surface area (TPSA) is 69.0 Å². The van der Waals surface area contributed by atoms with Gasteiger partial charge in [0, 0.05) is 24.8 Å². The van der Waals surface area contributed by atoms with Crippen molar-refractivity contribution < 1.29 is 9.53 Å². The molecule has 2 aromatic rings. The molecule has 1 heterocycles. The summed E-state index contributed by atoms with van der Waals surface area (Å²) in [6.45, 7) is 9.10. The van der Waals surface area contributed by atoms with Crippen molar-refractivity contribution in [3.05, 3.63) is 29.8 Å². The van der Waals surface area contributed by atoms with E-state index in [4.69, 9.17) is 4.74 Å². The molecule has 1 fully saturated rings. The molecule has 6 nitrogen and oxygen atoms in total. The van der Waals surface area contributed by atoms with Crippen molar-refractivity contribution >= 4 is 17.7 Å². The number of benzene rings is 1. The van der Waals surface area contributed by atoms with Crippen molar-refractivity contribution in [3.63, 3.8) is 0 Å². The Bertz CT molecular complexity index is 836. The second-order valence-electron chi connectivity index (χ2n) is 9.15. The Balaban J connectivity index is 1.80. The van der Waals surface area contributed by atoms with Crippen LogP contribution in [0.3, 0.4) is 0 Å². The van der Waals surface area contributed by atoms with Crippen LogP contribution in [-0.2, 0) is 14.9 Å². The molecule has 164 valence electrons. The van der Waals surface area contributed by atoms with Gasteiger partial charge in [0.05, 0.1) is 12.4 Å². The number of methoxy groups -OCH3 is 1. The zero-order valence-corrected chi connectivity index (χ0v) is 19.6. The second-order valence-corrected chi connectivity index (χ2v) is 10.1. The minimum Gasteiger partial charge on any atom is -0.383 e. The first-order valence-corrected chi connectivity index (χ1v) is 11.7. The summed E-state index contributed by atoms with van der Waals surface area (Å²) in [5, 5.41) is 12.8. The third kappa shape index (κ3) is 5.64. The zero-order chi connectivity index (χ0) is 21.7. The number of hydrogen-bond donors (Lipinski definition) is 1. The predicted molar refractivity (Wildman–Crippen MR) is 122 cm³/mol. The van der Waals surface area contributed by atoms with E-state index in [1.165, 1.54) is 30.2 Å². The lowest BCUT2D eigenvalue weighted by Gasteiger charge is -2.20. The van der Waals surface area contributed by atoms with Gasteiger partial charge in [-0.2, -0.15) is 0 Å². The SMILES string of the molecule is COC[C@@H](C)NC(=O)CSc1nnc(-c2ccc(C(C)(C)C)cc2)n1C1CCCC1. The Morgan fingerprint density at radius 1 is 1.23 bits per heavy atom. The smallest absolute Gasteiger partial charge is 0.230 e. The summed E-state index contributed by atoms with van der Waals surface area (Å²) < 4.78 is 7.35. The molecule has 0 saturated heterocycles. The van der Waals surface area contributed by atoms with E-state index in [2.05, 4.69) is 65.1 Å². The van der Waals surface area contributed by atoms with Gasteiger partial charge in [0.25, 0.3) is 0 Å². The molecule has 0 radical (unpaired) electrons. The summed E-state index contributed by atoms with van der Waals surface area (Å²) in [6, 6.07) is 9.04. The lowest BCUT2D eigenvalue weighted by Crippen LogP contribution is -2.36. The van der Waals surface area contributed by atoms with E-state index >= 15 is 0 Å². The van der Waals surface area contributed by atoms with Gasteiger partial charge in [-0.25, -0.2) is 0 Å². The highest BCUT2D eigenvalue weighted by molar-refractivity contribution is 7.99. The van der Waals surface area contributed by atoms with Gasteiger partial charge < -0.3 is 10.1 Å². The third-order valence-electron chi connectivity index (χ3n) is 5.52. The van der Waals surface area contributed by atoms with Crippen molar-refractivity contribution in [2.75, 3.05) is 19.5 Å². The largest absolute Gasteiger partial charge is 0.383 e. The third-order valence-corrected chi connectivity index (χ3v) is 6.46. The summed E-state index contributed by atoms with van der Waals surface area (Å²) in [4.78, 5) is 12.3. The number of nitrogens with zero attached hydrogens (tertiary/aromatic N) is 3. The molecule has 30 heavy (non-hydrogen) atoms. The van der Waals surface area contributed by atoms with Gasteiger partial charge in [-0.1, -0.05) is 69.6 Å². The number of hydrogen-bond acceptors (Lipinski definition) is 5. The highest BCUT2D eigenvalue weighted by Crippen LogP contribution is 2.37. The van der Waals surface area contributed by atoms with Crippen molar-refractivity contribution in [3.8, 4) is 11.4 Å². The average Bonchev–Trinajstić information content (AvgIpc) is 3.35. The number of carbonyl (C=O) groups is 1. The molecule has 1 aliphatic rings. The second kappa shape index (κ2) is 9.96. The van der Waals surface area contributed by atoms with Crippen LogP contribution >= 0.6 is 11.8 Å². The van der Waals surface area contributed by atoms with E-state index < -0.39 is 0 Å². The molecule has 1 aromatic carbocycles. The fourth-order valence-electron chi connectivity index (χ4n) is 3.92. The molecular weight excluding hydrogens is 396 g/mol. The minimum absolute atomic E-state index is 0.00676. The van der Waals surface area contributed by atoms with Gasteiger partial charge in [0.2, 0.25) is 5.91 Å². The fraction of sp³-hybridized carbons (Fsp3) is 0.609. The van der Waals surface area contributed by atoms with Gasteiger partial charge in [-0.3, -0.25) is 9.36 Å². The first kappa shape index (κ1) is 22.8. The highest BCUT2D eigenvalue weighted by Gasteiger charge is 2.25. The van der Waals surface area contributed by atoms with Crippen LogP contribution < -0.4 is 5.32 Å². The van der Waals surface area contributed by atoms with Crippen molar-refractivity contribution in [2.24, 2.45) is 0 Å². The molecule has 1 aliphatic carbocycles. The number of carbonyl (C=O) groups excluding carboxylic acids is 1. The molecule has 1 saturated carbocycles. The normalized spacial score (nSPS) is 16.0. The molecule has 1 amide bonds. The Hall–Kier alpha value is -1.86. The van der Waals surface area contributed by atoms with Crippen LogP contribution in [0.5, 0.6) is 0 Å². The number of rotatable bonds is 8. The number of amides is 1. The first-order valence-electron chi connectivity index (χ1n) is 10.8. The Morgan fingerprint density at radius 2 is 1.90 bits per heavy atom. The standard InChI is InChI=1S/C23H34N4O2S/c1-16(14-29-5)24-20(28)15-30-22-26-25-21(27(22)19-8-6-7-9-19)17-10-12-18(13-11-17)23(2,3)4/h10-13,16,19H,6-9,14-15H2,1-5H3,(H,24,28)/t16-/m1/s1. The maximum absolute atomic E-state index is 12.3. The Morgan fingerprint density at radius 3 is 2.50 bits per heavy atom. The van der Waals surface area contributed by atoms with E-state index in [0.717, 1.165) is 29.4 Å². The summed E-state index contributed by atoms with van der Waals surface area (Å²) in [7, 11) is 1.64. The average molecular weight is 431 g/mol. The first-order chi connectivity index (χ1) is 14.3. The van der Waals surface area contributed by atoms with Crippen LogP contribution in [0.25, 0.3) is 11.4 Å². The van der Waals surface area contributed by atoms with Crippen molar-refractivity contribution in [2.45, 2.75) is 76.0 Å². The van der Waals surface area contributed by atoms with Gasteiger partial charge in [0.1, 0.15) is 0 Å². The van der Waals surface area contributed by atoms with E-state index in [1.54, 1.807) is 7.11 Å². The molecular formula is C23H34N4O2S. The number of ether oxygens (including phenoxy) is 1. The number of aromatic nitrogens is 3. The summed E-state index contributed by atoms with van der Waals surface area (Å²) in [6.07, 6.45) is 4.72. The molecule has 1 N–H and O–H groups in total. The van der Waals surface area contributed by atoms with Gasteiger partial charge in [-0.05, 0) is 30.7 Å². The molecule has 0 aliphatic heterocycles. The molecule has 0 spiro atoms. The van der Waals surface area contributed by atoms with Gasteiger partial charge in [-0.15, -0.1) is 10.2 Å². The summed E-state index contributed by atoms with van der Waals surface area (Å²) in [5.41, 5.74) is 2.49. The monoisotopic (exact) mass is 430 g/mol. The van der Waals surface area contributed by atoms with E-state index in [9.17, 15) is 4.79 Å². The van der Waals surface area contributed by atoms with E-state index in [1.807, 2.05) is 6.92 Å². The molecule has 0 unspecified atom stereocenters. The number of thioether (sulfide) groups is 1. The maximum Gasteiger partial charge on any atom is 0.230 e. The van der Waals surface area contributed by atoms with Gasteiger partial charge >= 0.3 is 0 Å². The van der Waals surface area contributed by atoms with Crippen molar-refractivity contribution in [1.82, 2.24) is 20.1 Å². The molecule has 3 rings (SSSR count). The number of nitrogens with one attached hydrogen (secondary N) is 1. The summed E-state index contributed by atoms with van der Waals surface area (Å²) in [5.74, 6) is 1.21. The van der Waals surface area contributed by atoms with Crippen LogP contribution in [0.1, 0.15) is 65.0 Å². The lowest BCUT2D eigenvalue weighted by atomic mass is 9.86. The highest BCUT2D eigenvalue weighted by atomic mass is 32.2. The van der Waals surface area contributed by atoms with Crippen LogP contribution in [0.4, 0.5) is 0 Å². The quantitative estimate of drug-likeness (QED) is 0.620. The predicted octanol–water partition coefficient (Wildman–Crippen LogP) is 4.60. The molecule has 1 aromatic heterocycles. The minimum atomic E-state index is -0.0124. The van der Waals surface area contributed by atoms with E-state index in [-0.39, 0.29) is 17.4 Å². The molecule has 7 heteroatoms. The van der Waals surface area contributed by atoms with Crippen LogP contribution in [0.2, 0.25) is 0 Å². The van der Waals surface area contributed by atoms with Crippen LogP contribution in [0, 0.1) is 0 Å². The maximum atomic E-state index is 12.3.